The first kappa shape index (κ1) is 25.9. The first-order chi connectivity index (χ1) is 19.1. The van der Waals surface area contributed by atoms with Gasteiger partial charge in [0.05, 0.1) is 12.2 Å². The third-order valence-corrected chi connectivity index (χ3v) is 6.74. The molecule has 8 heteroatoms. The minimum absolute atomic E-state index is 0.0979. The van der Waals surface area contributed by atoms with Crippen molar-refractivity contribution in [3.05, 3.63) is 123 Å². The summed E-state index contributed by atoms with van der Waals surface area (Å²) in [4.78, 5) is 34.4. The number of hydrogen-bond acceptors (Lipinski definition) is 7. The van der Waals surface area contributed by atoms with Crippen LogP contribution >= 0.6 is 0 Å². The number of nitrogens with zero attached hydrogens (tertiary/aromatic N) is 5. The maximum absolute atomic E-state index is 13.8. The summed E-state index contributed by atoms with van der Waals surface area (Å²) in [5, 5.41) is 7.25. The molecule has 196 valence electrons. The van der Waals surface area contributed by atoms with Crippen LogP contribution in [0.1, 0.15) is 48.2 Å². The van der Waals surface area contributed by atoms with Gasteiger partial charge in [-0.05, 0) is 54.3 Å². The first-order valence-corrected chi connectivity index (χ1v) is 13.1. The number of nitroso groups, excluding NO2 is 1. The molecule has 0 fully saturated rings. The van der Waals surface area contributed by atoms with E-state index in [9.17, 15) is 9.70 Å². The third kappa shape index (κ3) is 5.75. The number of hydrogen-bond donors (Lipinski definition) is 0. The molecule has 0 saturated heterocycles. The SMILES string of the molecule is CCCCc1nc(C)n(Cc2noc(-c3ccccc3)n2)c(=O)c1Cc1ccc(-c2ccccc2N=O)cc1. The lowest BCUT2D eigenvalue weighted by atomic mass is 9.98. The number of aryl methyl sites for hydroxylation is 2. The lowest BCUT2D eigenvalue weighted by molar-refractivity contribution is 0.419. The van der Waals surface area contributed by atoms with E-state index < -0.39 is 0 Å². The van der Waals surface area contributed by atoms with Gasteiger partial charge in [0.15, 0.2) is 5.82 Å². The highest BCUT2D eigenvalue weighted by molar-refractivity contribution is 5.75. The molecule has 5 rings (SSSR count). The van der Waals surface area contributed by atoms with Gasteiger partial charge in [0, 0.05) is 23.1 Å². The Morgan fingerprint density at radius 2 is 1.64 bits per heavy atom. The molecular formula is C31H29N5O3. The van der Waals surface area contributed by atoms with E-state index >= 15 is 0 Å². The van der Waals surface area contributed by atoms with E-state index in [1.807, 2.05) is 73.7 Å². The minimum atomic E-state index is -0.0979. The lowest BCUT2D eigenvalue weighted by Gasteiger charge is -2.15. The van der Waals surface area contributed by atoms with Crippen molar-refractivity contribution in [1.29, 1.82) is 0 Å². The van der Waals surface area contributed by atoms with E-state index in [-0.39, 0.29) is 12.1 Å². The maximum atomic E-state index is 13.8. The standard InChI is InChI=1S/C31H29N5O3/c1-3-4-13-27-26(19-22-15-17-23(18-16-22)25-12-8-9-14-28(25)34-38)31(37)36(21(2)32-27)20-29-33-30(39-35-29)24-10-6-5-7-11-24/h5-12,14-18H,3-4,13,19-20H2,1-2H3. The Hall–Kier alpha value is -4.72. The van der Waals surface area contributed by atoms with Gasteiger partial charge < -0.3 is 4.52 Å². The first-order valence-electron chi connectivity index (χ1n) is 13.1. The Morgan fingerprint density at radius 1 is 0.897 bits per heavy atom. The summed E-state index contributed by atoms with van der Waals surface area (Å²) in [6.07, 6.45) is 3.13. The smallest absolute Gasteiger partial charge is 0.257 e. The highest BCUT2D eigenvalue weighted by Crippen LogP contribution is 2.30. The molecule has 0 N–H and O–H groups in total. The minimum Gasteiger partial charge on any atom is -0.334 e. The largest absolute Gasteiger partial charge is 0.334 e. The van der Waals surface area contributed by atoms with E-state index in [1.54, 1.807) is 16.7 Å². The fourth-order valence-electron chi connectivity index (χ4n) is 4.63. The van der Waals surface area contributed by atoms with Gasteiger partial charge in [0.1, 0.15) is 11.5 Å². The molecule has 8 nitrogen and oxygen atoms in total. The molecule has 0 radical (unpaired) electrons. The molecule has 2 heterocycles. The third-order valence-electron chi connectivity index (χ3n) is 6.74. The summed E-state index contributed by atoms with van der Waals surface area (Å²) >= 11 is 0. The van der Waals surface area contributed by atoms with Crippen LogP contribution in [-0.2, 0) is 19.4 Å². The van der Waals surface area contributed by atoms with Crippen molar-refractivity contribution in [2.24, 2.45) is 5.18 Å². The van der Waals surface area contributed by atoms with E-state index in [1.165, 1.54) is 0 Å². The van der Waals surface area contributed by atoms with Crippen molar-refractivity contribution in [3.8, 4) is 22.6 Å². The van der Waals surface area contributed by atoms with Crippen LogP contribution in [0.2, 0.25) is 0 Å². The Bertz CT molecular complexity index is 1640. The Labute approximate surface area is 226 Å². The molecule has 2 aromatic heterocycles. The van der Waals surface area contributed by atoms with E-state index in [0.29, 0.717) is 35.2 Å². The summed E-state index contributed by atoms with van der Waals surface area (Å²) < 4.78 is 7.06. The van der Waals surface area contributed by atoms with Gasteiger partial charge in [0.25, 0.3) is 11.4 Å². The molecule has 0 saturated carbocycles. The van der Waals surface area contributed by atoms with Crippen LogP contribution < -0.4 is 5.56 Å². The molecule has 3 aromatic carbocycles. The van der Waals surface area contributed by atoms with Gasteiger partial charge in [-0.2, -0.15) is 4.98 Å². The molecule has 0 amide bonds. The Kier molecular flexibility index (Phi) is 7.82. The number of benzene rings is 3. The Morgan fingerprint density at radius 3 is 2.38 bits per heavy atom. The molecule has 0 bridgehead atoms. The maximum Gasteiger partial charge on any atom is 0.257 e. The molecule has 39 heavy (non-hydrogen) atoms. The van der Waals surface area contributed by atoms with Crippen LogP contribution in [0, 0.1) is 11.8 Å². The van der Waals surface area contributed by atoms with Crippen LogP contribution in [0.4, 0.5) is 5.69 Å². The van der Waals surface area contributed by atoms with Gasteiger partial charge in [0.2, 0.25) is 0 Å². The monoisotopic (exact) mass is 519 g/mol. The van der Waals surface area contributed by atoms with E-state index in [0.717, 1.165) is 47.2 Å². The highest BCUT2D eigenvalue weighted by atomic mass is 16.5. The molecular weight excluding hydrogens is 490 g/mol. The molecule has 0 aliphatic rings. The van der Waals surface area contributed by atoms with Crippen molar-refractivity contribution < 1.29 is 4.52 Å². The van der Waals surface area contributed by atoms with Crippen molar-refractivity contribution in [2.45, 2.75) is 46.1 Å². The summed E-state index contributed by atoms with van der Waals surface area (Å²) in [7, 11) is 0. The second kappa shape index (κ2) is 11.8. The normalized spacial score (nSPS) is 11.0. The topological polar surface area (TPSA) is 103 Å². The second-order valence-electron chi connectivity index (χ2n) is 9.44. The second-order valence-corrected chi connectivity index (χ2v) is 9.44. The van der Waals surface area contributed by atoms with Crippen LogP contribution in [0.5, 0.6) is 0 Å². The average molecular weight is 520 g/mol. The number of aromatic nitrogens is 4. The summed E-state index contributed by atoms with van der Waals surface area (Å²) in [6.45, 7) is 4.13. The number of unbranched alkanes of at least 4 members (excludes halogenated alkanes) is 1. The van der Waals surface area contributed by atoms with Gasteiger partial charge in [-0.15, -0.1) is 4.91 Å². The Balaban J connectivity index is 1.46. The molecule has 0 aliphatic carbocycles. The van der Waals surface area contributed by atoms with E-state index in [2.05, 4.69) is 22.2 Å². The molecule has 5 aromatic rings. The average Bonchev–Trinajstić information content (AvgIpc) is 3.45. The lowest BCUT2D eigenvalue weighted by Crippen LogP contribution is -2.30. The molecule has 0 atom stereocenters. The van der Waals surface area contributed by atoms with Gasteiger partial charge in [-0.3, -0.25) is 9.36 Å². The van der Waals surface area contributed by atoms with Crippen LogP contribution in [0.15, 0.2) is 93.4 Å². The van der Waals surface area contributed by atoms with E-state index in [4.69, 9.17) is 9.51 Å². The summed E-state index contributed by atoms with van der Waals surface area (Å²) in [5.74, 6) is 1.45. The quantitative estimate of drug-likeness (QED) is 0.191. The van der Waals surface area contributed by atoms with Crippen LogP contribution in [-0.4, -0.2) is 19.7 Å². The molecule has 0 aliphatic heterocycles. The van der Waals surface area contributed by atoms with Crippen molar-refractivity contribution in [1.82, 2.24) is 19.7 Å². The predicted molar refractivity (Wildman–Crippen MR) is 151 cm³/mol. The number of rotatable bonds is 10. The molecule has 0 unspecified atom stereocenters. The van der Waals surface area contributed by atoms with Gasteiger partial charge in [-0.25, -0.2) is 4.98 Å². The summed E-state index contributed by atoms with van der Waals surface area (Å²) in [6, 6.07) is 24.6. The fourth-order valence-corrected chi connectivity index (χ4v) is 4.63. The van der Waals surface area contributed by atoms with Gasteiger partial charge in [-0.1, -0.05) is 79.2 Å². The van der Waals surface area contributed by atoms with Crippen LogP contribution in [0.25, 0.3) is 22.6 Å². The zero-order valence-electron chi connectivity index (χ0n) is 22.0. The fraction of sp³-hybridized carbons (Fsp3) is 0.226. The predicted octanol–water partition coefficient (Wildman–Crippen LogP) is 6.65. The zero-order chi connectivity index (χ0) is 27.2. The zero-order valence-corrected chi connectivity index (χ0v) is 22.0. The van der Waals surface area contributed by atoms with Crippen molar-refractivity contribution in [3.63, 3.8) is 0 Å². The molecule has 0 spiro atoms. The van der Waals surface area contributed by atoms with Crippen molar-refractivity contribution in [2.75, 3.05) is 0 Å². The van der Waals surface area contributed by atoms with Gasteiger partial charge >= 0.3 is 0 Å². The highest BCUT2D eigenvalue weighted by Gasteiger charge is 2.18. The van der Waals surface area contributed by atoms with Crippen LogP contribution in [0.3, 0.4) is 0 Å². The van der Waals surface area contributed by atoms with Crippen molar-refractivity contribution >= 4 is 5.69 Å². The summed E-state index contributed by atoms with van der Waals surface area (Å²) in [5.41, 5.74) is 5.27.